The third-order valence-corrected chi connectivity index (χ3v) is 2.85. The lowest BCUT2D eigenvalue weighted by Gasteiger charge is -2.17. The highest BCUT2D eigenvalue weighted by molar-refractivity contribution is 5.76. The van der Waals surface area contributed by atoms with Crippen molar-refractivity contribution in [2.75, 3.05) is 0 Å². The lowest BCUT2D eigenvalue weighted by molar-refractivity contribution is -0.121. The molecule has 0 aliphatic heterocycles. The predicted octanol–water partition coefficient (Wildman–Crippen LogP) is 1.42. The van der Waals surface area contributed by atoms with E-state index in [-0.39, 0.29) is 11.4 Å². The minimum Gasteiger partial charge on any atom is -0.353 e. The van der Waals surface area contributed by atoms with Gasteiger partial charge in [-0.3, -0.25) is 4.79 Å². The van der Waals surface area contributed by atoms with Gasteiger partial charge in [-0.25, -0.2) is 0 Å². The Bertz CT molecular complexity index is 228. The predicted molar refractivity (Wildman–Crippen MR) is 57.8 cm³/mol. The largest absolute Gasteiger partial charge is 0.353 e. The maximum atomic E-state index is 11.5. The van der Waals surface area contributed by atoms with E-state index < -0.39 is 0 Å². The van der Waals surface area contributed by atoms with Crippen LogP contribution >= 0.6 is 0 Å². The van der Waals surface area contributed by atoms with Crippen LogP contribution in [-0.2, 0) is 4.79 Å². The molecule has 1 unspecified atom stereocenters. The van der Waals surface area contributed by atoms with Crippen LogP contribution in [0.4, 0.5) is 0 Å². The average Bonchev–Trinajstić information content (AvgIpc) is 2.53. The Morgan fingerprint density at radius 3 is 2.43 bits per heavy atom. The van der Waals surface area contributed by atoms with Crippen LogP contribution < -0.4 is 11.1 Å². The zero-order valence-electron chi connectivity index (χ0n) is 9.68. The number of hydrogen-bond donors (Lipinski definition) is 2. The Morgan fingerprint density at radius 2 is 2.07 bits per heavy atom. The Balaban J connectivity index is 2.18. The van der Waals surface area contributed by atoms with Crippen molar-refractivity contribution in [2.24, 2.45) is 11.1 Å². The molecule has 14 heavy (non-hydrogen) atoms. The summed E-state index contributed by atoms with van der Waals surface area (Å²) < 4.78 is 0. The molecule has 0 aromatic carbocycles. The Morgan fingerprint density at radius 1 is 1.57 bits per heavy atom. The van der Waals surface area contributed by atoms with Gasteiger partial charge in [0.1, 0.15) is 0 Å². The van der Waals surface area contributed by atoms with Crippen molar-refractivity contribution >= 4 is 5.91 Å². The number of amides is 1. The van der Waals surface area contributed by atoms with Gasteiger partial charge in [-0.2, -0.15) is 0 Å². The van der Waals surface area contributed by atoms with Crippen molar-refractivity contribution < 1.29 is 4.79 Å². The van der Waals surface area contributed by atoms with Crippen molar-refractivity contribution in [1.29, 1.82) is 0 Å². The molecule has 0 spiro atoms. The van der Waals surface area contributed by atoms with Crippen molar-refractivity contribution in [2.45, 2.75) is 58.5 Å². The zero-order chi connectivity index (χ0) is 11.0. The second kappa shape index (κ2) is 3.54. The van der Waals surface area contributed by atoms with E-state index in [9.17, 15) is 4.79 Å². The first-order valence-electron chi connectivity index (χ1n) is 5.29. The maximum absolute atomic E-state index is 11.5. The van der Waals surface area contributed by atoms with E-state index in [0.29, 0.717) is 17.9 Å². The fourth-order valence-corrected chi connectivity index (χ4v) is 1.42. The SMILES string of the molecule is CC(C)(N)CCC(=O)NC1CC1(C)C. The quantitative estimate of drug-likeness (QED) is 0.717. The molecule has 3 nitrogen and oxygen atoms in total. The van der Waals surface area contributed by atoms with Gasteiger partial charge in [0.25, 0.3) is 0 Å². The van der Waals surface area contributed by atoms with E-state index in [0.717, 1.165) is 12.8 Å². The van der Waals surface area contributed by atoms with Gasteiger partial charge < -0.3 is 11.1 Å². The van der Waals surface area contributed by atoms with Gasteiger partial charge >= 0.3 is 0 Å². The molecule has 0 radical (unpaired) electrons. The third kappa shape index (κ3) is 3.66. The van der Waals surface area contributed by atoms with Crippen LogP contribution in [0.15, 0.2) is 0 Å². The van der Waals surface area contributed by atoms with E-state index >= 15 is 0 Å². The summed E-state index contributed by atoms with van der Waals surface area (Å²) in [6, 6.07) is 0.385. The second-order valence-corrected chi connectivity index (χ2v) is 5.80. The molecule has 3 N–H and O–H groups in total. The highest BCUT2D eigenvalue weighted by Gasteiger charge is 2.46. The van der Waals surface area contributed by atoms with Crippen LogP contribution in [0.5, 0.6) is 0 Å². The molecule has 1 atom stereocenters. The standard InChI is InChI=1S/C11H22N2O/c1-10(2)7-8(10)13-9(14)5-6-11(3,4)12/h8H,5-7,12H2,1-4H3,(H,13,14). The molecule has 1 fully saturated rings. The molecule has 1 saturated carbocycles. The van der Waals surface area contributed by atoms with Gasteiger partial charge in [0.2, 0.25) is 5.91 Å². The van der Waals surface area contributed by atoms with Crippen LogP contribution in [0.2, 0.25) is 0 Å². The summed E-state index contributed by atoms with van der Waals surface area (Å²) in [6.45, 7) is 8.23. The van der Waals surface area contributed by atoms with Gasteiger partial charge in [-0.15, -0.1) is 0 Å². The van der Waals surface area contributed by atoms with Crippen LogP contribution in [0.25, 0.3) is 0 Å². The Kier molecular flexibility index (Phi) is 2.91. The number of hydrogen-bond acceptors (Lipinski definition) is 2. The molecule has 0 saturated heterocycles. The first-order valence-corrected chi connectivity index (χ1v) is 5.29. The number of carbonyl (C=O) groups excluding carboxylic acids is 1. The minimum atomic E-state index is -0.240. The third-order valence-electron chi connectivity index (χ3n) is 2.85. The van der Waals surface area contributed by atoms with E-state index in [1.807, 2.05) is 13.8 Å². The maximum Gasteiger partial charge on any atom is 0.220 e. The van der Waals surface area contributed by atoms with Gasteiger partial charge in [-0.05, 0) is 32.1 Å². The van der Waals surface area contributed by atoms with E-state index in [1.54, 1.807) is 0 Å². The summed E-state index contributed by atoms with van der Waals surface area (Å²) in [6.07, 6.45) is 2.38. The molecular weight excluding hydrogens is 176 g/mol. The van der Waals surface area contributed by atoms with Crippen molar-refractivity contribution in [3.63, 3.8) is 0 Å². The fourth-order valence-electron chi connectivity index (χ4n) is 1.42. The lowest BCUT2D eigenvalue weighted by atomic mass is 10.00. The molecule has 1 rings (SSSR count). The average molecular weight is 198 g/mol. The van der Waals surface area contributed by atoms with Crippen molar-refractivity contribution in [3.8, 4) is 0 Å². The van der Waals surface area contributed by atoms with Crippen molar-refractivity contribution in [3.05, 3.63) is 0 Å². The number of nitrogens with one attached hydrogen (secondary N) is 1. The van der Waals surface area contributed by atoms with Crippen LogP contribution in [0.3, 0.4) is 0 Å². The van der Waals surface area contributed by atoms with Crippen LogP contribution in [0.1, 0.15) is 47.0 Å². The highest BCUT2D eigenvalue weighted by atomic mass is 16.1. The smallest absolute Gasteiger partial charge is 0.220 e. The van der Waals surface area contributed by atoms with E-state index in [2.05, 4.69) is 19.2 Å². The van der Waals surface area contributed by atoms with Gasteiger partial charge in [0, 0.05) is 18.0 Å². The second-order valence-electron chi connectivity index (χ2n) is 5.80. The molecule has 1 aliphatic rings. The molecule has 82 valence electrons. The minimum absolute atomic E-state index is 0.138. The summed E-state index contributed by atoms with van der Waals surface area (Å²) in [5.74, 6) is 0.138. The molecular formula is C11H22N2O. The lowest BCUT2D eigenvalue weighted by Crippen LogP contribution is -2.35. The summed E-state index contributed by atoms with van der Waals surface area (Å²) in [4.78, 5) is 11.5. The molecule has 0 heterocycles. The topological polar surface area (TPSA) is 55.1 Å². The normalized spacial score (nSPS) is 24.5. The highest BCUT2D eigenvalue weighted by Crippen LogP contribution is 2.44. The number of carbonyl (C=O) groups is 1. The molecule has 1 amide bonds. The van der Waals surface area contributed by atoms with Crippen molar-refractivity contribution in [1.82, 2.24) is 5.32 Å². The Labute approximate surface area is 86.4 Å². The molecule has 0 bridgehead atoms. The summed E-state index contributed by atoms with van der Waals surface area (Å²) in [7, 11) is 0. The van der Waals surface area contributed by atoms with E-state index in [4.69, 9.17) is 5.73 Å². The van der Waals surface area contributed by atoms with Gasteiger partial charge in [-0.1, -0.05) is 13.8 Å². The van der Waals surface area contributed by atoms with Gasteiger partial charge in [0.05, 0.1) is 0 Å². The van der Waals surface area contributed by atoms with Crippen LogP contribution in [-0.4, -0.2) is 17.5 Å². The molecule has 0 aromatic rings. The van der Waals surface area contributed by atoms with E-state index in [1.165, 1.54) is 0 Å². The molecule has 3 heteroatoms. The fraction of sp³-hybridized carbons (Fsp3) is 0.909. The monoisotopic (exact) mass is 198 g/mol. The summed E-state index contributed by atoms with van der Waals surface area (Å²) in [5.41, 5.74) is 5.88. The first kappa shape index (κ1) is 11.5. The molecule has 1 aliphatic carbocycles. The summed E-state index contributed by atoms with van der Waals surface area (Å²) in [5, 5.41) is 3.02. The van der Waals surface area contributed by atoms with Gasteiger partial charge in [0.15, 0.2) is 0 Å². The van der Waals surface area contributed by atoms with Crippen LogP contribution in [0, 0.1) is 5.41 Å². The summed E-state index contributed by atoms with van der Waals surface area (Å²) >= 11 is 0. The number of nitrogens with two attached hydrogens (primary N) is 1. The number of rotatable bonds is 4. The molecule has 0 aromatic heterocycles. The first-order chi connectivity index (χ1) is 6.21. The Hall–Kier alpha value is -0.570. The zero-order valence-corrected chi connectivity index (χ0v) is 9.68.